The van der Waals surface area contributed by atoms with Gasteiger partial charge in [-0.15, -0.1) is 0 Å². The molecule has 8 nitrogen and oxygen atoms in total. The first-order valence-electron chi connectivity index (χ1n) is 11.1. The second-order valence-corrected chi connectivity index (χ2v) is 8.98. The maximum absolute atomic E-state index is 13.4. The number of benzene rings is 3. The van der Waals surface area contributed by atoms with Crippen LogP contribution in [0.25, 0.3) is 5.76 Å². The predicted octanol–water partition coefficient (Wildman–Crippen LogP) is 4.86. The zero-order valence-corrected chi connectivity index (χ0v) is 21.1. The van der Waals surface area contributed by atoms with Crippen molar-refractivity contribution in [3.8, 4) is 23.0 Å². The summed E-state index contributed by atoms with van der Waals surface area (Å²) < 4.78 is 22.5. The summed E-state index contributed by atoms with van der Waals surface area (Å²) in [6.45, 7) is 0.805. The van der Waals surface area contributed by atoms with E-state index in [4.69, 9.17) is 18.9 Å². The lowest BCUT2D eigenvalue weighted by Crippen LogP contribution is -2.29. The molecule has 0 radical (unpaired) electrons. The summed E-state index contributed by atoms with van der Waals surface area (Å²) in [5.74, 6) is 0.271. The average molecular weight is 552 g/mol. The Kier molecular flexibility index (Phi) is 6.32. The number of ether oxygens (including phenoxy) is 4. The predicted molar refractivity (Wildman–Crippen MR) is 136 cm³/mol. The van der Waals surface area contributed by atoms with Crippen LogP contribution in [0.5, 0.6) is 23.0 Å². The van der Waals surface area contributed by atoms with Crippen LogP contribution in [0.1, 0.15) is 17.2 Å². The molecular formula is C27H22BrNO7. The number of rotatable bonds is 5. The van der Waals surface area contributed by atoms with Crippen LogP contribution in [0.3, 0.4) is 0 Å². The monoisotopic (exact) mass is 551 g/mol. The van der Waals surface area contributed by atoms with Crippen molar-refractivity contribution in [2.45, 2.75) is 6.04 Å². The fourth-order valence-electron chi connectivity index (χ4n) is 4.38. The molecule has 2 aliphatic rings. The van der Waals surface area contributed by atoms with Crippen molar-refractivity contribution in [3.63, 3.8) is 0 Å². The fourth-order valence-corrected chi connectivity index (χ4v) is 4.92. The molecule has 1 fully saturated rings. The molecule has 0 aromatic heterocycles. The lowest BCUT2D eigenvalue weighted by molar-refractivity contribution is -0.132. The van der Waals surface area contributed by atoms with Crippen LogP contribution >= 0.6 is 15.9 Å². The van der Waals surface area contributed by atoms with Crippen LogP contribution in [0.15, 0.2) is 70.7 Å². The smallest absolute Gasteiger partial charge is 0.300 e. The molecule has 3 aromatic rings. The molecule has 3 aromatic carbocycles. The van der Waals surface area contributed by atoms with Crippen LogP contribution in [-0.2, 0) is 9.59 Å². The van der Waals surface area contributed by atoms with E-state index in [1.165, 1.54) is 19.1 Å². The summed E-state index contributed by atoms with van der Waals surface area (Å²) in [7, 11) is 3.06. The third-order valence-corrected chi connectivity index (χ3v) is 6.70. The normalized spacial score (nSPS) is 18.3. The summed E-state index contributed by atoms with van der Waals surface area (Å²) >= 11 is 3.41. The zero-order chi connectivity index (χ0) is 25.4. The van der Waals surface area contributed by atoms with Gasteiger partial charge in [0.05, 0.1) is 30.3 Å². The van der Waals surface area contributed by atoms with Crippen LogP contribution in [-0.4, -0.2) is 44.2 Å². The van der Waals surface area contributed by atoms with E-state index < -0.39 is 17.7 Å². The lowest BCUT2D eigenvalue weighted by Gasteiger charge is -2.27. The zero-order valence-electron chi connectivity index (χ0n) is 19.5. The third-order valence-electron chi connectivity index (χ3n) is 6.08. The van der Waals surface area contributed by atoms with E-state index in [2.05, 4.69) is 15.9 Å². The maximum atomic E-state index is 13.4. The highest BCUT2D eigenvalue weighted by Gasteiger charge is 2.47. The summed E-state index contributed by atoms with van der Waals surface area (Å²) in [5, 5.41) is 11.4. The molecule has 0 bridgehead atoms. The number of carbonyl (C=O) groups is 2. The number of carbonyl (C=O) groups excluding carboxylic acids is 2. The standard InChI is InChI=1S/C27H22BrNO7/c1-33-18-5-3-4-15(12-18)24-23(25(30)16-6-8-20(34-2)19(28)13-16)26(31)27(32)29(24)17-7-9-21-22(14-17)36-11-10-35-21/h3-9,12-14,24,30H,10-11H2,1-2H3/b25-23+. The van der Waals surface area contributed by atoms with Crippen molar-refractivity contribution in [3.05, 3.63) is 81.8 Å². The second kappa shape index (κ2) is 9.58. The molecule has 2 aliphatic heterocycles. The van der Waals surface area contributed by atoms with E-state index in [1.807, 2.05) is 0 Å². The Morgan fingerprint density at radius 3 is 2.47 bits per heavy atom. The van der Waals surface area contributed by atoms with Crippen molar-refractivity contribution in [2.24, 2.45) is 0 Å². The van der Waals surface area contributed by atoms with E-state index in [-0.39, 0.29) is 11.3 Å². The number of ketones is 1. The minimum absolute atomic E-state index is 0.0415. The highest BCUT2D eigenvalue weighted by Crippen LogP contribution is 2.45. The van der Waals surface area contributed by atoms with E-state index in [0.29, 0.717) is 57.5 Å². The fraction of sp³-hybridized carbons (Fsp3) is 0.185. The highest BCUT2D eigenvalue weighted by atomic mass is 79.9. The van der Waals surface area contributed by atoms with E-state index >= 15 is 0 Å². The molecular weight excluding hydrogens is 530 g/mol. The summed E-state index contributed by atoms with van der Waals surface area (Å²) in [4.78, 5) is 28.2. The van der Waals surface area contributed by atoms with Gasteiger partial charge in [0, 0.05) is 17.3 Å². The molecule has 2 heterocycles. The molecule has 5 rings (SSSR count). The Morgan fingerprint density at radius 2 is 1.75 bits per heavy atom. The second-order valence-electron chi connectivity index (χ2n) is 8.12. The number of aliphatic hydroxyl groups excluding tert-OH is 1. The Balaban J connectivity index is 1.70. The van der Waals surface area contributed by atoms with Crippen molar-refractivity contribution in [1.82, 2.24) is 0 Å². The van der Waals surface area contributed by atoms with Gasteiger partial charge >= 0.3 is 0 Å². The first-order chi connectivity index (χ1) is 17.4. The summed E-state index contributed by atoms with van der Waals surface area (Å²) in [6.07, 6.45) is 0. The number of hydrogen-bond donors (Lipinski definition) is 1. The minimum Gasteiger partial charge on any atom is -0.507 e. The van der Waals surface area contributed by atoms with Gasteiger partial charge in [0.15, 0.2) is 11.5 Å². The first kappa shape index (κ1) is 23.7. The molecule has 9 heteroatoms. The van der Waals surface area contributed by atoms with E-state index in [9.17, 15) is 14.7 Å². The SMILES string of the molecule is COc1cccc(C2/C(=C(\O)c3ccc(OC)c(Br)c3)C(=O)C(=O)N2c2ccc3c(c2)OCCO3)c1. The maximum Gasteiger partial charge on any atom is 0.300 e. The molecule has 1 N–H and O–H groups in total. The van der Waals surface area contributed by atoms with Gasteiger partial charge in [0.25, 0.3) is 11.7 Å². The van der Waals surface area contributed by atoms with Gasteiger partial charge in [-0.3, -0.25) is 14.5 Å². The Hall–Kier alpha value is -3.98. The molecule has 0 aliphatic carbocycles. The topological polar surface area (TPSA) is 94.5 Å². The number of Topliss-reactive ketones (excluding diaryl/α,β-unsaturated/α-hetero) is 1. The van der Waals surface area contributed by atoms with E-state index in [1.54, 1.807) is 60.7 Å². The number of amides is 1. The van der Waals surface area contributed by atoms with Crippen LogP contribution in [0.2, 0.25) is 0 Å². The number of hydrogen-bond acceptors (Lipinski definition) is 7. The molecule has 36 heavy (non-hydrogen) atoms. The molecule has 1 unspecified atom stereocenters. The summed E-state index contributed by atoms with van der Waals surface area (Å²) in [5.41, 5.74) is 1.35. The molecule has 184 valence electrons. The minimum atomic E-state index is -0.913. The van der Waals surface area contributed by atoms with Crippen molar-refractivity contribution in [1.29, 1.82) is 0 Å². The van der Waals surface area contributed by atoms with Gasteiger partial charge in [0.1, 0.15) is 30.5 Å². The molecule has 1 saturated heterocycles. The Labute approximate surface area is 215 Å². The molecule has 1 amide bonds. The van der Waals surface area contributed by atoms with Crippen LogP contribution < -0.4 is 23.8 Å². The van der Waals surface area contributed by atoms with Gasteiger partial charge in [-0.2, -0.15) is 0 Å². The van der Waals surface area contributed by atoms with Gasteiger partial charge in [0.2, 0.25) is 0 Å². The van der Waals surface area contributed by atoms with Gasteiger partial charge in [-0.1, -0.05) is 12.1 Å². The van der Waals surface area contributed by atoms with Crippen molar-refractivity contribution < 1.29 is 33.6 Å². The molecule has 0 saturated carbocycles. The number of anilines is 1. The van der Waals surface area contributed by atoms with Crippen molar-refractivity contribution in [2.75, 3.05) is 32.3 Å². The molecule has 0 spiro atoms. The number of nitrogens with zero attached hydrogens (tertiary/aromatic N) is 1. The van der Waals surface area contributed by atoms with Crippen molar-refractivity contribution >= 4 is 39.1 Å². The highest BCUT2D eigenvalue weighted by molar-refractivity contribution is 9.10. The Morgan fingerprint density at radius 1 is 0.972 bits per heavy atom. The van der Waals surface area contributed by atoms with E-state index in [0.717, 1.165) is 0 Å². The van der Waals surface area contributed by atoms with Gasteiger partial charge in [-0.25, -0.2) is 0 Å². The molecule has 1 atom stereocenters. The number of aliphatic hydroxyl groups is 1. The average Bonchev–Trinajstić information content (AvgIpc) is 3.18. The quantitative estimate of drug-likeness (QED) is 0.275. The lowest BCUT2D eigenvalue weighted by atomic mass is 9.95. The van der Waals surface area contributed by atoms with Crippen LogP contribution in [0.4, 0.5) is 5.69 Å². The van der Waals surface area contributed by atoms with Gasteiger partial charge in [-0.05, 0) is 64.0 Å². The summed E-state index contributed by atoms with van der Waals surface area (Å²) in [6, 6.07) is 16.1. The third kappa shape index (κ3) is 4.05. The van der Waals surface area contributed by atoms with Gasteiger partial charge < -0.3 is 24.1 Å². The number of methoxy groups -OCH3 is 2. The Bertz CT molecular complexity index is 1400. The number of halogens is 1. The largest absolute Gasteiger partial charge is 0.507 e. The first-order valence-corrected chi connectivity index (χ1v) is 11.9. The number of fused-ring (bicyclic) bond motifs is 1. The van der Waals surface area contributed by atoms with Crippen LogP contribution in [0, 0.1) is 0 Å².